The van der Waals surface area contributed by atoms with Crippen molar-refractivity contribution in [3.8, 4) is 0 Å². The number of aromatic nitrogens is 1. The van der Waals surface area contributed by atoms with Gasteiger partial charge in [0.25, 0.3) is 0 Å². The van der Waals surface area contributed by atoms with Crippen LogP contribution in [0.3, 0.4) is 0 Å². The van der Waals surface area contributed by atoms with Crippen molar-refractivity contribution < 1.29 is 9.18 Å². The van der Waals surface area contributed by atoms with Gasteiger partial charge in [0.1, 0.15) is 5.82 Å². The van der Waals surface area contributed by atoms with E-state index in [0.29, 0.717) is 16.6 Å². The van der Waals surface area contributed by atoms with Crippen LogP contribution in [-0.4, -0.2) is 10.8 Å². The first-order chi connectivity index (χ1) is 9.58. The van der Waals surface area contributed by atoms with E-state index in [0.717, 1.165) is 15.4 Å². The molecule has 0 amide bonds. The number of ketones is 1. The molecule has 0 bridgehead atoms. The third-order valence-electron chi connectivity index (χ3n) is 3.40. The quantitative estimate of drug-likeness (QED) is 0.683. The number of H-pyrrole nitrogens is 1. The van der Waals surface area contributed by atoms with Crippen molar-refractivity contribution in [3.63, 3.8) is 0 Å². The average molecular weight is 332 g/mol. The van der Waals surface area contributed by atoms with Crippen LogP contribution in [0.1, 0.15) is 21.5 Å². The van der Waals surface area contributed by atoms with Crippen LogP contribution >= 0.6 is 15.9 Å². The van der Waals surface area contributed by atoms with Crippen LogP contribution < -0.4 is 0 Å². The molecule has 0 aliphatic carbocycles. The molecule has 0 unspecified atom stereocenters. The Morgan fingerprint density at radius 3 is 2.80 bits per heavy atom. The molecular weight excluding hydrogens is 321 g/mol. The van der Waals surface area contributed by atoms with E-state index in [1.54, 1.807) is 18.3 Å². The lowest BCUT2D eigenvalue weighted by atomic mass is 9.99. The second-order valence-electron chi connectivity index (χ2n) is 4.63. The molecule has 1 aromatic heterocycles. The summed E-state index contributed by atoms with van der Waals surface area (Å²) in [6.45, 7) is 1.89. The fourth-order valence-electron chi connectivity index (χ4n) is 2.28. The topological polar surface area (TPSA) is 32.9 Å². The molecule has 100 valence electrons. The lowest BCUT2D eigenvalue weighted by molar-refractivity contribution is 0.103. The fraction of sp³-hybridized carbons (Fsp3) is 0.0625. The molecule has 0 saturated carbocycles. The number of fused-ring (bicyclic) bond motifs is 1. The van der Waals surface area contributed by atoms with Crippen molar-refractivity contribution in [2.45, 2.75) is 6.92 Å². The molecule has 0 fully saturated rings. The van der Waals surface area contributed by atoms with E-state index in [2.05, 4.69) is 20.9 Å². The predicted octanol–water partition coefficient (Wildman–Crippen LogP) is 4.61. The van der Waals surface area contributed by atoms with Gasteiger partial charge >= 0.3 is 0 Å². The van der Waals surface area contributed by atoms with Crippen LogP contribution in [0.5, 0.6) is 0 Å². The summed E-state index contributed by atoms with van der Waals surface area (Å²) in [4.78, 5) is 15.6. The monoisotopic (exact) mass is 331 g/mol. The van der Waals surface area contributed by atoms with Crippen LogP contribution in [0.4, 0.5) is 4.39 Å². The number of carbonyl (C=O) groups excluding carboxylic acids is 1. The highest BCUT2D eigenvalue weighted by Crippen LogP contribution is 2.26. The summed E-state index contributed by atoms with van der Waals surface area (Å²) in [5.74, 6) is -0.390. The molecule has 3 aromatic rings. The number of hydrogen-bond acceptors (Lipinski definition) is 1. The van der Waals surface area contributed by atoms with Gasteiger partial charge in [-0.25, -0.2) is 4.39 Å². The smallest absolute Gasteiger partial charge is 0.195 e. The van der Waals surface area contributed by atoms with Gasteiger partial charge in [-0.3, -0.25) is 4.79 Å². The average Bonchev–Trinajstić information content (AvgIpc) is 2.84. The van der Waals surface area contributed by atoms with Gasteiger partial charge in [-0.2, -0.15) is 0 Å². The minimum atomic E-state index is -0.322. The predicted molar refractivity (Wildman–Crippen MR) is 80.6 cm³/mol. The highest BCUT2D eigenvalue weighted by molar-refractivity contribution is 9.10. The minimum Gasteiger partial charge on any atom is -0.360 e. The first-order valence-electron chi connectivity index (χ1n) is 6.14. The van der Waals surface area contributed by atoms with Crippen molar-refractivity contribution in [1.29, 1.82) is 0 Å². The Bertz CT molecular complexity index is 822. The third-order valence-corrected chi connectivity index (χ3v) is 4.26. The molecule has 1 heterocycles. The highest BCUT2D eigenvalue weighted by atomic mass is 79.9. The minimum absolute atomic E-state index is 0.0679. The lowest BCUT2D eigenvalue weighted by Gasteiger charge is -2.06. The zero-order chi connectivity index (χ0) is 14.3. The number of carbonyl (C=O) groups is 1. The van der Waals surface area contributed by atoms with Gasteiger partial charge in [-0.05, 0) is 36.8 Å². The van der Waals surface area contributed by atoms with Gasteiger partial charge in [0.2, 0.25) is 0 Å². The standard InChI is InChI=1S/C16H11BrFNO/c1-9-11(3-2-4-14(9)17)16(20)13-8-19-15-7-10(18)5-6-12(13)15/h2-8,19H,1H3. The van der Waals surface area contributed by atoms with Crippen molar-refractivity contribution in [3.05, 3.63) is 69.6 Å². The molecule has 20 heavy (non-hydrogen) atoms. The van der Waals surface area contributed by atoms with Crippen molar-refractivity contribution in [1.82, 2.24) is 4.98 Å². The van der Waals surface area contributed by atoms with Gasteiger partial charge in [0, 0.05) is 32.7 Å². The highest BCUT2D eigenvalue weighted by Gasteiger charge is 2.17. The summed E-state index contributed by atoms with van der Waals surface area (Å²) in [5.41, 5.74) is 2.72. The van der Waals surface area contributed by atoms with E-state index in [1.807, 2.05) is 19.1 Å². The van der Waals surface area contributed by atoms with Crippen LogP contribution in [0.25, 0.3) is 10.9 Å². The van der Waals surface area contributed by atoms with Crippen LogP contribution in [0, 0.1) is 12.7 Å². The van der Waals surface area contributed by atoms with Gasteiger partial charge in [0.05, 0.1) is 0 Å². The fourth-order valence-corrected chi connectivity index (χ4v) is 2.65. The van der Waals surface area contributed by atoms with E-state index in [-0.39, 0.29) is 11.6 Å². The van der Waals surface area contributed by atoms with Gasteiger partial charge in [-0.15, -0.1) is 0 Å². The summed E-state index contributed by atoms with van der Waals surface area (Å²) < 4.78 is 14.1. The zero-order valence-electron chi connectivity index (χ0n) is 10.7. The normalized spacial score (nSPS) is 10.9. The number of benzene rings is 2. The van der Waals surface area contributed by atoms with Crippen LogP contribution in [0.2, 0.25) is 0 Å². The Hall–Kier alpha value is -1.94. The third kappa shape index (κ3) is 2.06. The largest absolute Gasteiger partial charge is 0.360 e. The van der Waals surface area contributed by atoms with Crippen molar-refractivity contribution in [2.75, 3.05) is 0 Å². The summed E-state index contributed by atoms with van der Waals surface area (Å²) in [5, 5.41) is 0.732. The Morgan fingerprint density at radius 2 is 2.00 bits per heavy atom. The number of hydrogen-bond donors (Lipinski definition) is 1. The molecule has 1 N–H and O–H groups in total. The van der Waals surface area contributed by atoms with Crippen LogP contribution in [0.15, 0.2) is 47.1 Å². The lowest BCUT2D eigenvalue weighted by Crippen LogP contribution is -2.03. The Kier molecular flexibility index (Phi) is 3.18. The summed E-state index contributed by atoms with van der Waals surface area (Å²) >= 11 is 3.43. The first kappa shape index (κ1) is 13.1. The van der Waals surface area contributed by atoms with E-state index >= 15 is 0 Å². The van der Waals surface area contributed by atoms with E-state index in [4.69, 9.17) is 0 Å². The van der Waals surface area contributed by atoms with E-state index in [1.165, 1.54) is 12.1 Å². The Balaban J connectivity index is 2.16. The molecular formula is C16H11BrFNO. The molecule has 2 nitrogen and oxygen atoms in total. The number of rotatable bonds is 2. The summed E-state index contributed by atoms with van der Waals surface area (Å²) in [7, 11) is 0. The molecule has 0 atom stereocenters. The molecule has 0 saturated heterocycles. The Morgan fingerprint density at radius 1 is 1.20 bits per heavy atom. The van der Waals surface area contributed by atoms with Gasteiger partial charge in [0.15, 0.2) is 5.78 Å². The van der Waals surface area contributed by atoms with E-state index < -0.39 is 0 Å². The van der Waals surface area contributed by atoms with Gasteiger partial charge < -0.3 is 4.98 Å². The number of aromatic amines is 1. The van der Waals surface area contributed by atoms with Crippen molar-refractivity contribution >= 4 is 32.6 Å². The van der Waals surface area contributed by atoms with Gasteiger partial charge in [-0.1, -0.05) is 28.1 Å². The molecule has 0 aliphatic heterocycles. The molecule has 4 heteroatoms. The number of halogens is 2. The maximum atomic E-state index is 13.2. The van der Waals surface area contributed by atoms with Crippen LogP contribution in [-0.2, 0) is 0 Å². The van der Waals surface area contributed by atoms with E-state index in [9.17, 15) is 9.18 Å². The molecule has 3 rings (SSSR count). The first-order valence-corrected chi connectivity index (χ1v) is 6.93. The SMILES string of the molecule is Cc1c(Br)cccc1C(=O)c1c[nH]c2cc(F)ccc12. The second-order valence-corrected chi connectivity index (χ2v) is 5.49. The summed E-state index contributed by atoms with van der Waals surface area (Å²) in [6.07, 6.45) is 1.63. The maximum Gasteiger partial charge on any atom is 0.195 e. The van der Waals surface area contributed by atoms with Crippen molar-refractivity contribution in [2.24, 2.45) is 0 Å². The molecule has 0 aliphatic rings. The maximum absolute atomic E-state index is 13.2. The molecule has 2 aromatic carbocycles. The zero-order valence-corrected chi connectivity index (χ0v) is 12.3. The Labute approximate surface area is 123 Å². The summed E-state index contributed by atoms with van der Waals surface area (Å²) in [6, 6.07) is 9.91. The number of nitrogens with one attached hydrogen (secondary N) is 1. The second kappa shape index (κ2) is 4.87. The molecule has 0 spiro atoms. The molecule has 0 radical (unpaired) electrons.